The molecule has 146 valence electrons. The van der Waals surface area contributed by atoms with Crippen LogP contribution in [-0.2, 0) is 11.3 Å². The molecule has 1 aromatic carbocycles. The maximum absolute atomic E-state index is 12.0. The molecule has 8 heteroatoms. The van der Waals surface area contributed by atoms with Crippen LogP contribution in [0, 0.1) is 6.92 Å². The first-order valence-electron chi connectivity index (χ1n) is 8.37. The fourth-order valence-electron chi connectivity index (χ4n) is 2.43. The number of carbonyl (C=O) groups is 1. The first-order chi connectivity index (χ1) is 12.5. The molecule has 1 heterocycles. The highest BCUT2D eigenvalue weighted by Gasteiger charge is 2.08. The number of rotatable bonds is 6. The first kappa shape index (κ1) is 23.2. The Bertz CT molecular complexity index is 767. The Labute approximate surface area is 182 Å². The molecule has 6 nitrogen and oxygen atoms in total. The fourth-order valence-corrected chi connectivity index (χ4v) is 2.56. The van der Waals surface area contributed by atoms with Gasteiger partial charge in [-0.15, -0.1) is 24.0 Å². The third-order valence-corrected chi connectivity index (χ3v) is 3.95. The Kier molecular flexibility index (Phi) is 10.1. The van der Waals surface area contributed by atoms with E-state index in [1.54, 1.807) is 13.1 Å². The predicted octanol–water partition coefficient (Wildman–Crippen LogP) is 3.70. The molecule has 27 heavy (non-hydrogen) atoms. The number of carbonyl (C=O) groups excluding carboxylic acids is 1. The minimum Gasteiger partial charge on any atom is -0.356 e. The molecule has 0 aliphatic rings. The monoisotopic (exact) mass is 501 g/mol. The van der Waals surface area contributed by atoms with Crippen molar-refractivity contribution in [3.63, 3.8) is 0 Å². The number of aryl methyl sites for hydroxylation is 1. The number of aliphatic imine (C=N–C) groups is 1. The second-order valence-corrected chi connectivity index (χ2v) is 6.36. The second-order valence-electron chi connectivity index (χ2n) is 5.92. The van der Waals surface area contributed by atoms with Crippen molar-refractivity contribution in [2.75, 3.05) is 26.0 Å². The molecule has 0 aliphatic carbocycles. The zero-order valence-corrected chi connectivity index (χ0v) is 18.8. The molecule has 2 aromatic rings. The van der Waals surface area contributed by atoms with Crippen molar-refractivity contribution < 1.29 is 4.79 Å². The van der Waals surface area contributed by atoms with Crippen molar-refractivity contribution in [3.05, 3.63) is 58.7 Å². The summed E-state index contributed by atoms with van der Waals surface area (Å²) in [6, 6.07) is 13.2. The Balaban J connectivity index is 0.00000364. The summed E-state index contributed by atoms with van der Waals surface area (Å²) in [5, 5.41) is 6.71. The van der Waals surface area contributed by atoms with Crippen molar-refractivity contribution in [3.8, 4) is 0 Å². The Morgan fingerprint density at radius 3 is 2.56 bits per heavy atom. The second kappa shape index (κ2) is 11.8. The van der Waals surface area contributed by atoms with Crippen molar-refractivity contribution in [1.82, 2.24) is 15.2 Å². The molecule has 0 aliphatic heterocycles. The molecule has 0 radical (unpaired) electrons. The summed E-state index contributed by atoms with van der Waals surface area (Å²) in [6.45, 7) is 3.06. The van der Waals surface area contributed by atoms with Gasteiger partial charge in [-0.3, -0.25) is 9.79 Å². The van der Waals surface area contributed by atoms with E-state index < -0.39 is 0 Å². The topological polar surface area (TPSA) is 69.6 Å². The van der Waals surface area contributed by atoms with Crippen molar-refractivity contribution >= 4 is 53.3 Å². The lowest BCUT2D eigenvalue weighted by Crippen LogP contribution is -2.39. The van der Waals surface area contributed by atoms with Crippen LogP contribution in [0.3, 0.4) is 0 Å². The Morgan fingerprint density at radius 1 is 1.22 bits per heavy atom. The predicted molar refractivity (Wildman–Crippen MR) is 122 cm³/mol. The molecule has 0 saturated heterocycles. The van der Waals surface area contributed by atoms with Crippen molar-refractivity contribution in [1.29, 1.82) is 0 Å². The molecule has 2 N–H and O–H groups in total. The smallest absolute Gasteiger partial charge is 0.227 e. The standard InChI is InChI=1S/C19H24ClN5O.HI/c1-14-5-4-6-17(23-14)24-18(26)11-12-22-19(21-2)25(3)13-15-7-9-16(20)10-8-15;/h4-10H,11-13H2,1-3H3,(H,21,22)(H,23,24,26);1H. The van der Waals surface area contributed by atoms with Gasteiger partial charge in [-0.1, -0.05) is 29.8 Å². The number of nitrogens with one attached hydrogen (secondary N) is 2. The van der Waals surface area contributed by atoms with Crippen LogP contribution in [0.25, 0.3) is 0 Å². The van der Waals surface area contributed by atoms with Crippen LogP contribution in [0.5, 0.6) is 0 Å². The maximum atomic E-state index is 12.0. The van der Waals surface area contributed by atoms with Gasteiger partial charge in [0.25, 0.3) is 0 Å². The molecule has 0 fully saturated rings. The largest absolute Gasteiger partial charge is 0.356 e. The zero-order chi connectivity index (χ0) is 18.9. The van der Waals surface area contributed by atoms with E-state index in [4.69, 9.17) is 11.6 Å². The van der Waals surface area contributed by atoms with Gasteiger partial charge in [0, 0.05) is 44.3 Å². The summed E-state index contributed by atoms with van der Waals surface area (Å²) in [7, 11) is 3.66. The summed E-state index contributed by atoms with van der Waals surface area (Å²) < 4.78 is 0. The number of pyridine rings is 1. The van der Waals surface area contributed by atoms with Crippen LogP contribution in [0.1, 0.15) is 17.7 Å². The molecule has 0 saturated carbocycles. The van der Waals surface area contributed by atoms with Gasteiger partial charge in [0.15, 0.2) is 5.96 Å². The van der Waals surface area contributed by atoms with E-state index in [9.17, 15) is 4.79 Å². The quantitative estimate of drug-likeness (QED) is 0.360. The number of halogens is 2. The minimum atomic E-state index is -0.0913. The molecule has 2 rings (SSSR count). The number of nitrogens with zero attached hydrogens (tertiary/aromatic N) is 3. The number of benzene rings is 1. The lowest BCUT2D eigenvalue weighted by Gasteiger charge is -2.22. The number of guanidine groups is 1. The van der Waals surface area contributed by atoms with Gasteiger partial charge in [-0.2, -0.15) is 0 Å². The summed E-state index contributed by atoms with van der Waals surface area (Å²) in [5.74, 6) is 1.20. The number of hydrogen-bond acceptors (Lipinski definition) is 3. The lowest BCUT2D eigenvalue weighted by atomic mass is 10.2. The minimum absolute atomic E-state index is 0. The molecule has 0 spiro atoms. The maximum Gasteiger partial charge on any atom is 0.227 e. The highest BCUT2D eigenvalue weighted by molar-refractivity contribution is 14.0. The Hall–Kier alpha value is -1.87. The molecular weight excluding hydrogens is 477 g/mol. The van der Waals surface area contributed by atoms with Gasteiger partial charge < -0.3 is 15.5 Å². The number of hydrogen-bond donors (Lipinski definition) is 2. The highest BCUT2D eigenvalue weighted by atomic mass is 127. The summed E-state index contributed by atoms with van der Waals surface area (Å²) in [5.41, 5.74) is 1.99. The number of aromatic nitrogens is 1. The molecule has 1 aromatic heterocycles. The molecule has 0 atom stereocenters. The third kappa shape index (κ3) is 8.13. The molecular formula is C19H25ClIN5O. The van der Waals surface area contributed by atoms with Gasteiger partial charge in [-0.25, -0.2) is 4.98 Å². The van der Waals surface area contributed by atoms with Gasteiger partial charge in [-0.05, 0) is 36.8 Å². The van der Waals surface area contributed by atoms with Crippen molar-refractivity contribution in [2.45, 2.75) is 19.9 Å². The highest BCUT2D eigenvalue weighted by Crippen LogP contribution is 2.11. The normalized spacial score (nSPS) is 10.7. The first-order valence-corrected chi connectivity index (χ1v) is 8.75. The van der Waals surface area contributed by atoms with Gasteiger partial charge in [0.1, 0.15) is 5.82 Å². The fraction of sp³-hybridized carbons (Fsp3) is 0.316. The van der Waals surface area contributed by atoms with E-state index in [1.165, 1.54) is 0 Å². The van der Waals surface area contributed by atoms with Gasteiger partial charge in [0.2, 0.25) is 5.91 Å². The molecule has 0 unspecified atom stereocenters. The number of anilines is 1. The average molecular weight is 502 g/mol. The van der Waals surface area contributed by atoms with E-state index in [-0.39, 0.29) is 29.9 Å². The molecule has 0 bridgehead atoms. The van der Waals surface area contributed by atoms with Crippen LogP contribution in [0.2, 0.25) is 5.02 Å². The summed E-state index contributed by atoms with van der Waals surface area (Å²) in [6.07, 6.45) is 0.323. The van der Waals surface area contributed by atoms with E-state index >= 15 is 0 Å². The zero-order valence-electron chi connectivity index (χ0n) is 15.7. The van der Waals surface area contributed by atoms with Gasteiger partial charge >= 0.3 is 0 Å². The van der Waals surface area contributed by atoms with E-state index in [0.717, 1.165) is 17.2 Å². The van der Waals surface area contributed by atoms with Crippen LogP contribution in [0.4, 0.5) is 5.82 Å². The molecule has 1 amide bonds. The van der Waals surface area contributed by atoms with Crippen LogP contribution in [-0.4, -0.2) is 42.4 Å². The number of amides is 1. The Morgan fingerprint density at radius 2 is 1.93 bits per heavy atom. The van der Waals surface area contributed by atoms with E-state index in [1.807, 2.05) is 55.3 Å². The van der Waals surface area contributed by atoms with Crippen LogP contribution in [0.15, 0.2) is 47.5 Å². The SMILES string of the molecule is CN=C(NCCC(=O)Nc1cccc(C)n1)N(C)Cc1ccc(Cl)cc1.I. The van der Waals surface area contributed by atoms with Crippen molar-refractivity contribution in [2.24, 2.45) is 4.99 Å². The van der Waals surface area contributed by atoms with E-state index in [2.05, 4.69) is 20.6 Å². The third-order valence-electron chi connectivity index (χ3n) is 3.70. The van der Waals surface area contributed by atoms with Gasteiger partial charge in [0.05, 0.1) is 0 Å². The van der Waals surface area contributed by atoms with E-state index in [0.29, 0.717) is 30.4 Å². The van der Waals surface area contributed by atoms with Crippen LogP contribution >= 0.6 is 35.6 Å². The average Bonchev–Trinajstić information content (AvgIpc) is 2.60. The van der Waals surface area contributed by atoms with Crippen LogP contribution < -0.4 is 10.6 Å². The summed E-state index contributed by atoms with van der Waals surface area (Å²) in [4.78, 5) is 22.5. The summed E-state index contributed by atoms with van der Waals surface area (Å²) >= 11 is 5.91. The lowest BCUT2D eigenvalue weighted by molar-refractivity contribution is -0.116.